The maximum Gasteiger partial charge on any atom is 0.243 e. The third kappa shape index (κ3) is 8.62. The number of aryl methyl sites for hydroxylation is 2. The largest absolute Gasteiger partial charge is 0.352 e. The molecule has 0 radical (unpaired) electrons. The molecule has 0 fully saturated rings. The lowest BCUT2D eigenvalue weighted by Gasteiger charge is -2.31. The number of rotatable bonds is 12. The van der Waals surface area contributed by atoms with Crippen molar-refractivity contribution in [2.24, 2.45) is 0 Å². The lowest BCUT2D eigenvalue weighted by Crippen LogP contribution is -2.50. The predicted octanol–water partition coefficient (Wildman–Crippen LogP) is 4.32. The summed E-state index contributed by atoms with van der Waals surface area (Å²) in [6, 6.07) is 10.6. The van der Waals surface area contributed by atoms with Gasteiger partial charge in [0.15, 0.2) is 0 Å². The molecule has 36 heavy (non-hydrogen) atoms. The summed E-state index contributed by atoms with van der Waals surface area (Å²) in [6.45, 7) is 9.62. The summed E-state index contributed by atoms with van der Waals surface area (Å²) in [6.07, 6.45) is 1.89. The fourth-order valence-corrected chi connectivity index (χ4v) is 5.13. The quantitative estimate of drug-likeness (QED) is 0.453. The molecule has 1 N–H and O–H groups in total. The van der Waals surface area contributed by atoms with Gasteiger partial charge in [-0.05, 0) is 81.5 Å². The van der Waals surface area contributed by atoms with E-state index in [1.807, 2.05) is 40.7 Å². The van der Waals surface area contributed by atoms with Gasteiger partial charge >= 0.3 is 0 Å². The van der Waals surface area contributed by atoms with Gasteiger partial charge in [-0.2, -0.15) is 0 Å². The highest BCUT2D eigenvalue weighted by Crippen LogP contribution is 2.22. The molecule has 0 bridgehead atoms. The molecule has 2 rings (SSSR count). The van der Waals surface area contributed by atoms with Crippen molar-refractivity contribution in [3.8, 4) is 0 Å². The Hall–Kier alpha value is -2.94. The molecule has 9 heteroatoms. The van der Waals surface area contributed by atoms with Crippen LogP contribution in [-0.2, 0) is 26.2 Å². The second-order valence-corrected chi connectivity index (χ2v) is 11.4. The van der Waals surface area contributed by atoms with Gasteiger partial charge in [-0.15, -0.1) is 0 Å². The van der Waals surface area contributed by atoms with Gasteiger partial charge in [-0.3, -0.25) is 13.9 Å². The summed E-state index contributed by atoms with van der Waals surface area (Å²) >= 11 is 0. The van der Waals surface area contributed by atoms with Gasteiger partial charge in [0.05, 0.1) is 11.9 Å². The fraction of sp³-hybridized carbons (Fsp3) is 0.481. The number of anilines is 1. The van der Waals surface area contributed by atoms with Gasteiger partial charge in [0.25, 0.3) is 0 Å². The number of halogens is 1. The Kier molecular flexibility index (Phi) is 10.5. The van der Waals surface area contributed by atoms with Gasteiger partial charge in [0.2, 0.25) is 21.8 Å². The van der Waals surface area contributed by atoms with Gasteiger partial charge < -0.3 is 10.2 Å². The lowest BCUT2D eigenvalue weighted by molar-refractivity contribution is -0.141. The topological polar surface area (TPSA) is 86.8 Å². The van der Waals surface area contributed by atoms with Crippen molar-refractivity contribution in [3.63, 3.8) is 0 Å². The van der Waals surface area contributed by atoms with Crippen LogP contribution in [0.1, 0.15) is 56.7 Å². The minimum atomic E-state index is -3.56. The Morgan fingerprint density at radius 3 is 2.11 bits per heavy atom. The minimum absolute atomic E-state index is 0.0590. The van der Waals surface area contributed by atoms with E-state index >= 15 is 0 Å². The zero-order valence-corrected chi connectivity index (χ0v) is 22.9. The van der Waals surface area contributed by atoms with Crippen molar-refractivity contribution in [1.82, 2.24) is 10.2 Å². The number of hydrogen-bond donors (Lipinski definition) is 1. The van der Waals surface area contributed by atoms with E-state index in [-0.39, 0.29) is 49.6 Å². The van der Waals surface area contributed by atoms with Crippen LogP contribution < -0.4 is 9.62 Å². The number of amides is 2. The Morgan fingerprint density at radius 1 is 1.03 bits per heavy atom. The molecule has 0 saturated carbocycles. The van der Waals surface area contributed by atoms with Crippen LogP contribution in [0.15, 0.2) is 42.5 Å². The number of carbonyl (C=O) groups is 2. The normalized spacial score (nSPS) is 12.3. The van der Waals surface area contributed by atoms with Crippen LogP contribution in [0.5, 0.6) is 0 Å². The summed E-state index contributed by atoms with van der Waals surface area (Å²) in [5.74, 6) is -0.900. The molecule has 2 amide bonds. The van der Waals surface area contributed by atoms with E-state index in [1.165, 1.54) is 21.3 Å². The maximum atomic E-state index is 13.4. The molecule has 1 unspecified atom stereocenters. The first-order valence-corrected chi connectivity index (χ1v) is 14.1. The molecule has 0 saturated heterocycles. The fourth-order valence-electron chi connectivity index (χ4n) is 4.19. The average Bonchev–Trinajstić information content (AvgIpc) is 2.75. The van der Waals surface area contributed by atoms with E-state index in [0.717, 1.165) is 17.4 Å². The number of carbonyl (C=O) groups excluding carboxylic acids is 2. The van der Waals surface area contributed by atoms with Crippen molar-refractivity contribution in [2.45, 2.75) is 72.5 Å². The molecule has 1 atom stereocenters. The summed E-state index contributed by atoms with van der Waals surface area (Å²) < 4.78 is 39.8. The minimum Gasteiger partial charge on any atom is -0.352 e. The predicted molar refractivity (Wildman–Crippen MR) is 142 cm³/mol. The third-order valence-corrected chi connectivity index (χ3v) is 6.92. The van der Waals surface area contributed by atoms with Gasteiger partial charge in [-0.25, -0.2) is 12.8 Å². The number of hydrogen-bond acceptors (Lipinski definition) is 4. The van der Waals surface area contributed by atoms with Crippen LogP contribution in [-0.4, -0.2) is 50.0 Å². The van der Waals surface area contributed by atoms with Crippen LogP contribution in [0.4, 0.5) is 10.1 Å². The molecule has 7 nitrogen and oxygen atoms in total. The van der Waals surface area contributed by atoms with Crippen molar-refractivity contribution in [2.75, 3.05) is 17.1 Å². The molecule has 198 valence electrons. The van der Waals surface area contributed by atoms with Gasteiger partial charge in [0, 0.05) is 25.6 Å². The van der Waals surface area contributed by atoms with Crippen LogP contribution >= 0.6 is 0 Å². The monoisotopic (exact) mass is 519 g/mol. The van der Waals surface area contributed by atoms with E-state index in [4.69, 9.17) is 0 Å². The van der Waals surface area contributed by atoms with Crippen molar-refractivity contribution < 1.29 is 22.4 Å². The van der Waals surface area contributed by atoms with Crippen LogP contribution in [0.2, 0.25) is 0 Å². The van der Waals surface area contributed by atoms with Crippen molar-refractivity contribution in [1.29, 1.82) is 0 Å². The number of benzene rings is 2. The summed E-state index contributed by atoms with van der Waals surface area (Å²) in [7, 11) is -3.56. The summed E-state index contributed by atoms with van der Waals surface area (Å²) in [5.41, 5.74) is 3.16. The highest BCUT2D eigenvalue weighted by atomic mass is 32.2. The smallest absolute Gasteiger partial charge is 0.243 e. The molecule has 0 aliphatic rings. The van der Waals surface area contributed by atoms with E-state index in [1.54, 1.807) is 24.3 Å². The zero-order chi connectivity index (χ0) is 27.0. The first-order valence-electron chi connectivity index (χ1n) is 12.2. The Balaban J connectivity index is 2.23. The molecule has 2 aromatic carbocycles. The van der Waals surface area contributed by atoms with Crippen molar-refractivity contribution >= 4 is 27.5 Å². The first kappa shape index (κ1) is 29.3. The summed E-state index contributed by atoms with van der Waals surface area (Å²) in [5, 5.41) is 2.87. The molecule has 0 aromatic heterocycles. The molecule has 2 aromatic rings. The maximum absolute atomic E-state index is 13.4. The van der Waals surface area contributed by atoms with Gasteiger partial charge in [-0.1, -0.05) is 25.1 Å². The Bertz CT molecular complexity index is 1130. The average molecular weight is 520 g/mol. The van der Waals surface area contributed by atoms with E-state index in [0.29, 0.717) is 17.7 Å². The van der Waals surface area contributed by atoms with Crippen LogP contribution in [0.25, 0.3) is 0 Å². The lowest BCUT2D eigenvalue weighted by atomic mass is 10.1. The van der Waals surface area contributed by atoms with Crippen LogP contribution in [0.3, 0.4) is 0 Å². The first-order chi connectivity index (χ1) is 16.8. The molecule has 0 heterocycles. The van der Waals surface area contributed by atoms with E-state index in [9.17, 15) is 22.4 Å². The number of nitrogens with zero attached hydrogens (tertiary/aromatic N) is 2. The number of nitrogens with one attached hydrogen (secondary N) is 1. The molecular weight excluding hydrogens is 481 g/mol. The molecule has 0 spiro atoms. The van der Waals surface area contributed by atoms with E-state index < -0.39 is 16.1 Å². The second-order valence-electron chi connectivity index (χ2n) is 9.52. The second kappa shape index (κ2) is 12.9. The SMILES string of the molecule is CCC(C(=O)NC(C)C)N(Cc1ccc(F)cc1)C(=O)CCCN(c1cc(C)cc(C)c1)S(C)(=O)=O. The Morgan fingerprint density at radius 2 is 1.61 bits per heavy atom. The zero-order valence-electron chi connectivity index (χ0n) is 22.0. The highest BCUT2D eigenvalue weighted by Gasteiger charge is 2.29. The van der Waals surface area contributed by atoms with Crippen LogP contribution in [0, 0.1) is 19.7 Å². The van der Waals surface area contributed by atoms with E-state index in [2.05, 4.69) is 5.32 Å². The Labute approximate surface area is 214 Å². The molecular formula is C27H38FN3O4S. The number of sulfonamides is 1. The standard InChI is InChI=1S/C27H38FN3O4S/c1-7-25(27(33)29-19(2)3)30(18-22-10-12-23(28)13-11-22)26(32)9-8-14-31(36(6,34)35)24-16-20(4)15-21(5)17-24/h10-13,15-17,19,25H,7-9,14,18H2,1-6H3,(H,29,33). The highest BCUT2D eigenvalue weighted by molar-refractivity contribution is 7.92. The van der Waals surface area contributed by atoms with Gasteiger partial charge in [0.1, 0.15) is 11.9 Å². The van der Waals surface area contributed by atoms with Crippen molar-refractivity contribution in [3.05, 3.63) is 65.0 Å². The third-order valence-electron chi connectivity index (χ3n) is 5.73. The molecule has 0 aliphatic carbocycles. The molecule has 0 aliphatic heterocycles. The summed E-state index contributed by atoms with van der Waals surface area (Å²) in [4.78, 5) is 27.8.